The number of hydrogen-bond donors (Lipinski definition) is 2. The SMILES string of the molecule is CSCC[C@](C)(O)CNC(=O)C1CCCC1. The third kappa shape index (κ3) is 4.74. The molecule has 0 saturated heterocycles. The van der Waals surface area contributed by atoms with Crippen LogP contribution in [-0.4, -0.2) is 35.2 Å². The molecule has 1 aliphatic rings. The van der Waals surface area contributed by atoms with Crippen molar-refractivity contribution in [2.75, 3.05) is 18.6 Å². The molecular weight excluding hydrogens is 222 g/mol. The first kappa shape index (κ1) is 13.8. The predicted octanol–water partition coefficient (Wildman–Crippen LogP) is 1.80. The fourth-order valence-electron chi connectivity index (χ4n) is 2.02. The minimum atomic E-state index is -0.767. The Morgan fingerprint density at radius 3 is 2.69 bits per heavy atom. The highest BCUT2D eigenvalue weighted by molar-refractivity contribution is 7.98. The highest BCUT2D eigenvalue weighted by Crippen LogP contribution is 2.24. The Labute approximate surface area is 102 Å². The number of carbonyl (C=O) groups is 1. The fraction of sp³-hybridized carbons (Fsp3) is 0.917. The van der Waals surface area contributed by atoms with E-state index in [0.717, 1.165) is 25.0 Å². The minimum Gasteiger partial charge on any atom is -0.388 e. The quantitative estimate of drug-likeness (QED) is 0.750. The Morgan fingerprint density at radius 2 is 2.12 bits per heavy atom. The molecule has 0 aliphatic heterocycles. The second-order valence-electron chi connectivity index (χ2n) is 4.94. The van der Waals surface area contributed by atoms with Crippen LogP contribution in [0.15, 0.2) is 0 Å². The second-order valence-corrected chi connectivity index (χ2v) is 5.92. The van der Waals surface area contributed by atoms with Crippen molar-refractivity contribution in [3.05, 3.63) is 0 Å². The molecule has 1 fully saturated rings. The van der Waals surface area contributed by atoms with Crippen molar-refractivity contribution >= 4 is 17.7 Å². The first-order valence-electron chi connectivity index (χ1n) is 6.04. The van der Waals surface area contributed by atoms with E-state index < -0.39 is 5.60 Å². The molecule has 1 saturated carbocycles. The Bertz CT molecular complexity index is 225. The molecule has 3 nitrogen and oxygen atoms in total. The summed E-state index contributed by atoms with van der Waals surface area (Å²) in [5.74, 6) is 1.24. The molecule has 0 spiro atoms. The van der Waals surface area contributed by atoms with E-state index in [4.69, 9.17) is 0 Å². The van der Waals surface area contributed by atoms with Gasteiger partial charge in [0.1, 0.15) is 0 Å². The lowest BCUT2D eigenvalue weighted by Gasteiger charge is -2.24. The van der Waals surface area contributed by atoms with Crippen LogP contribution < -0.4 is 5.32 Å². The van der Waals surface area contributed by atoms with Crippen molar-refractivity contribution < 1.29 is 9.90 Å². The van der Waals surface area contributed by atoms with Crippen LogP contribution in [-0.2, 0) is 4.79 Å². The molecule has 16 heavy (non-hydrogen) atoms. The molecule has 1 rings (SSSR count). The summed E-state index contributed by atoms with van der Waals surface area (Å²) >= 11 is 1.72. The summed E-state index contributed by atoms with van der Waals surface area (Å²) in [6.45, 7) is 2.17. The zero-order valence-electron chi connectivity index (χ0n) is 10.3. The Morgan fingerprint density at radius 1 is 1.50 bits per heavy atom. The Balaban J connectivity index is 2.24. The average molecular weight is 245 g/mol. The Kier molecular flexibility index (Phi) is 5.62. The summed E-state index contributed by atoms with van der Waals surface area (Å²) in [5, 5.41) is 12.9. The van der Waals surface area contributed by atoms with Gasteiger partial charge in [-0.05, 0) is 38.2 Å². The molecule has 0 unspecified atom stereocenters. The van der Waals surface area contributed by atoms with E-state index in [1.54, 1.807) is 18.7 Å². The number of hydrogen-bond acceptors (Lipinski definition) is 3. The highest BCUT2D eigenvalue weighted by atomic mass is 32.2. The maximum Gasteiger partial charge on any atom is 0.223 e. The van der Waals surface area contributed by atoms with E-state index in [2.05, 4.69) is 5.32 Å². The van der Waals surface area contributed by atoms with Gasteiger partial charge in [-0.25, -0.2) is 0 Å². The summed E-state index contributed by atoms with van der Waals surface area (Å²) in [7, 11) is 0. The van der Waals surface area contributed by atoms with Gasteiger partial charge in [0.05, 0.1) is 5.60 Å². The van der Waals surface area contributed by atoms with Crippen molar-refractivity contribution in [3.63, 3.8) is 0 Å². The highest BCUT2D eigenvalue weighted by Gasteiger charge is 2.25. The smallest absolute Gasteiger partial charge is 0.223 e. The normalized spacial score (nSPS) is 20.7. The van der Waals surface area contributed by atoms with Crippen LogP contribution in [0.3, 0.4) is 0 Å². The van der Waals surface area contributed by atoms with Crippen LogP contribution in [0.1, 0.15) is 39.0 Å². The van der Waals surface area contributed by atoms with Gasteiger partial charge in [0, 0.05) is 12.5 Å². The van der Waals surface area contributed by atoms with Crippen LogP contribution in [0.4, 0.5) is 0 Å². The number of rotatable bonds is 6. The van der Waals surface area contributed by atoms with Crippen molar-refractivity contribution in [3.8, 4) is 0 Å². The van der Waals surface area contributed by atoms with Gasteiger partial charge < -0.3 is 10.4 Å². The monoisotopic (exact) mass is 245 g/mol. The van der Waals surface area contributed by atoms with Gasteiger partial charge in [-0.1, -0.05) is 12.8 Å². The van der Waals surface area contributed by atoms with Crippen LogP contribution in [0, 0.1) is 5.92 Å². The zero-order valence-corrected chi connectivity index (χ0v) is 11.1. The fourth-order valence-corrected chi connectivity index (χ4v) is 2.66. The topological polar surface area (TPSA) is 49.3 Å². The summed E-state index contributed by atoms with van der Waals surface area (Å²) in [4.78, 5) is 11.7. The molecule has 4 heteroatoms. The number of aliphatic hydroxyl groups is 1. The van der Waals surface area contributed by atoms with Crippen molar-refractivity contribution in [2.45, 2.75) is 44.6 Å². The molecule has 2 N–H and O–H groups in total. The lowest BCUT2D eigenvalue weighted by Crippen LogP contribution is -2.42. The molecular formula is C12H23NO2S. The Hall–Kier alpha value is -0.220. The largest absolute Gasteiger partial charge is 0.388 e. The number of nitrogens with one attached hydrogen (secondary N) is 1. The summed E-state index contributed by atoms with van der Waals surface area (Å²) in [6.07, 6.45) is 7.10. The molecule has 0 aromatic rings. The lowest BCUT2D eigenvalue weighted by molar-refractivity contribution is -0.125. The summed E-state index contributed by atoms with van der Waals surface area (Å²) < 4.78 is 0. The predicted molar refractivity (Wildman–Crippen MR) is 68.6 cm³/mol. The van der Waals surface area contributed by atoms with Crippen molar-refractivity contribution in [1.82, 2.24) is 5.32 Å². The van der Waals surface area contributed by atoms with Crippen LogP contribution in [0.25, 0.3) is 0 Å². The number of thioether (sulfide) groups is 1. The van der Waals surface area contributed by atoms with Gasteiger partial charge in [0.25, 0.3) is 0 Å². The van der Waals surface area contributed by atoms with Crippen molar-refractivity contribution in [1.29, 1.82) is 0 Å². The maximum absolute atomic E-state index is 11.7. The molecule has 0 radical (unpaired) electrons. The van der Waals surface area contributed by atoms with Gasteiger partial charge in [0.15, 0.2) is 0 Å². The third-order valence-electron chi connectivity index (χ3n) is 3.21. The molecule has 0 aromatic carbocycles. The number of amides is 1. The lowest BCUT2D eigenvalue weighted by atomic mass is 10.0. The van der Waals surface area contributed by atoms with Gasteiger partial charge in [-0.2, -0.15) is 11.8 Å². The average Bonchev–Trinajstić information content (AvgIpc) is 2.77. The first-order valence-corrected chi connectivity index (χ1v) is 7.43. The van der Waals surface area contributed by atoms with E-state index in [-0.39, 0.29) is 11.8 Å². The number of carbonyl (C=O) groups excluding carboxylic acids is 1. The molecule has 1 atom stereocenters. The van der Waals surface area contributed by atoms with Gasteiger partial charge in [-0.15, -0.1) is 0 Å². The maximum atomic E-state index is 11.7. The van der Waals surface area contributed by atoms with Gasteiger partial charge >= 0.3 is 0 Å². The van der Waals surface area contributed by atoms with Gasteiger partial charge in [0.2, 0.25) is 5.91 Å². The molecule has 0 aromatic heterocycles. The first-order chi connectivity index (χ1) is 7.55. The van der Waals surface area contributed by atoms with Crippen LogP contribution in [0.5, 0.6) is 0 Å². The zero-order chi connectivity index (χ0) is 12.0. The molecule has 94 valence electrons. The summed E-state index contributed by atoms with van der Waals surface area (Å²) in [5.41, 5.74) is -0.767. The standard InChI is InChI=1S/C12H23NO2S/c1-12(15,7-8-16-2)9-13-11(14)10-5-3-4-6-10/h10,15H,3-9H2,1-2H3,(H,13,14)/t12-/m0/s1. The van der Waals surface area contributed by atoms with E-state index in [0.29, 0.717) is 6.54 Å². The molecule has 0 bridgehead atoms. The van der Waals surface area contributed by atoms with Crippen LogP contribution in [0.2, 0.25) is 0 Å². The van der Waals surface area contributed by atoms with E-state index in [1.165, 1.54) is 12.8 Å². The molecule has 1 aliphatic carbocycles. The minimum absolute atomic E-state index is 0.127. The van der Waals surface area contributed by atoms with E-state index >= 15 is 0 Å². The van der Waals surface area contributed by atoms with Crippen molar-refractivity contribution in [2.24, 2.45) is 5.92 Å². The molecule has 0 heterocycles. The van der Waals surface area contributed by atoms with E-state index in [1.807, 2.05) is 6.26 Å². The second kappa shape index (κ2) is 6.50. The third-order valence-corrected chi connectivity index (χ3v) is 3.83. The van der Waals surface area contributed by atoms with Gasteiger partial charge in [-0.3, -0.25) is 4.79 Å². The van der Waals surface area contributed by atoms with E-state index in [9.17, 15) is 9.90 Å². The van der Waals surface area contributed by atoms with Crippen LogP contribution >= 0.6 is 11.8 Å². The summed E-state index contributed by atoms with van der Waals surface area (Å²) in [6, 6.07) is 0. The molecule has 1 amide bonds.